The molecule has 0 bridgehead atoms. The molecule has 5 heteroatoms. The summed E-state index contributed by atoms with van der Waals surface area (Å²) in [7, 11) is 0. The first-order valence-corrected chi connectivity index (χ1v) is 6.50. The molecule has 0 fully saturated rings. The van der Waals surface area contributed by atoms with Crippen molar-refractivity contribution in [2.24, 2.45) is 0 Å². The minimum atomic E-state index is -0.144. The molecule has 0 unspecified atom stereocenters. The fourth-order valence-corrected chi connectivity index (χ4v) is 2.08. The van der Waals surface area contributed by atoms with Crippen molar-refractivity contribution >= 4 is 17.7 Å². The van der Waals surface area contributed by atoms with E-state index in [0.29, 0.717) is 28.7 Å². The number of amides is 1. The molecule has 1 heterocycles. The van der Waals surface area contributed by atoms with Gasteiger partial charge in [0.25, 0.3) is 5.91 Å². The van der Waals surface area contributed by atoms with Gasteiger partial charge in [0.15, 0.2) is 0 Å². The third-order valence-corrected chi connectivity index (χ3v) is 2.82. The number of nitrogens with one attached hydrogen (secondary N) is 1. The molecule has 4 nitrogen and oxygen atoms in total. The molecular formula is C12H17N3OS. The van der Waals surface area contributed by atoms with E-state index >= 15 is 0 Å². The fourth-order valence-electron chi connectivity index (χ4n) is 1.41. The van der Waals surface area contributed by atoms with E-state index < -0.39 is 0 Å². The zero-order valence-electron chi connectivity index (χ0n) is 10.6. The summed E-state index contributed by atoms with van der Waals surface area (Å²) >= 11 is 1.45. The molecule has 0 saturated heterocycles. The smallest absolute Gasteiger partial charge is 0.256 e. The predicted octanol–water partition coefficient (Wildman–Crippen LogP) is 2.12. The van der Waals surface area contributed by atoms with Gasteiger partial charge in [-0.15, -0.1) is 11.8 Å². The van der Waals surface area contributed by atoms with Gasteiger partial charge in [-0.25, -0.2) is 9.97 Å². The lowest BCUT2D eigenvalue weighted by atomic mass is 10.2. The molecule has 1 N–H and O–H groups in total. The van der Waals surface area contributed by atoms with Gasteiger partial charge in [0.1, 0.15) is 10.9 Å². The van der Waals surface area contributed by atoms with Crippen LogP contribution in [0.1, 0.15) is 28.8 Å². The van der Waals surface area contributed by atoms with Crippen LogP contribution in [0.15, 0.2) is 17.2 Å². The normalized spacial score (nSPS) is 10.1. The molecule has 0 aliphatic heterocycles. The van der Waals surface area contributed by atoms with Crippen molar-refractivity contribution < 1.29 is 4.79 Å². The first-order chi connectivity index (χ1) is 7.95. The number of carbonyl (C=O) groups excluding carboxylic acids is 1. The first-order valence-electron chi connectivity index (χ1n) is 5.27. The van der Waals surface area contributed by atoms with E-state index in [0.717, 1.165) is 5.57 Å². The van der Waals surface area contributed by atoms with Crippen molar-refractivity contribution in [3.05, 3.63) is 29.2 Å². The Labute approximate surface area is 106 Å². The number of hydrogen-bond acceptors (Lipinski definition) is 4. The van der Waals surface area contributed by atoms with E-state index in [1.54, 1.807) is 0 Å². The van der Waals surface area contributed by atoms with Crippen molar-refractivity contribution in [2.75, 3.05) is 12.8 Å². The van der Waals surface area contributed by atoms with E-state index in [9.17, 15) is 4.79 Å². The molecule has 1 amide bonds. The van der Waals surface area contributed by atoms with Crippen molar-refractivity contribution in [3.63, 3.8) is 0 Å². The lowest BCUT2D eigenvalue weighted by Crippen LogP contribution is -2.27. The van der Waals surface area contributed by atoms with Gasteiger partial charge in [0.05, 0.1) is 11.3 Å². The Hall–Kier alpha value is -1.36. The van der Waals surface area contributed by atoms with Crippen LogP contribution in [-0.2, 0) is 0 Å². The number of carbonyl (C=O) groups is 1. The number of nitrogens with zero attached hydrogens (tertiary/aromatic N) is 2. The highest BCUT2D eigenvalue weighted by molar-refractivity contribution is 7.98. The summed E-state index contributed by atoms with van der Waals surface area (Å²) in [5.74, 6) is 0.540. The second-order valence-corrected chi connectivity index (χ2v) is 4.68. The molecular weight excluding hydrogens is 234 g/mol. The zero-order valence-corrected chi connectivity index (χ0v) is 11.4. The Morgan fingerprint density at radius 2 is 2.06 bits per heavy atom. The maximum Gasteiger partial charge on any atom is 0.256 e. The van der Waals surface area contributed by atoms with E-state index in [2.05, 4.69) is 21.9 Å². The van der Waals surface area contributed by atoms with E-state index in [4.69, 9.17) is 0 Å². The molecule has 92 valence electrons. The molecule has 0 radical (unpaired) electrons. The van der Waals surface area contributed by atoms with Gasteiger partial charge in [-0.2, -0.15) is 0 Å². The van der Waals surface area contributed by atoms with Gasteiger partial charge >= 0.3 is 0 Å². The average Bonchev–Trinajstić information content (AvgIpc) is 2.24. The highest BCUT2D eigenvalue weighted by atomic mass is 32.2. The molecule has 0 aromatic carbocycles. The predicted molar refractivity (Wildman–Crippen MR) is 70.4 cm³/mol. The number of hydrogen-bond donors (Lipinski definition) is 1. The second-order valence-electron chi connectivity index (χ2n) is 3.88. The number of thioether (sulfide) groups is 1. The van der Waals surface area contributed by atoms with Crippen LogP contribution >= 0.6 is 11.8 Å². The Morgan fingerprint density at radius 1 is 1.41 bits per heavy atom. The fraction of sp³-hybridized carbons (Fsp3) is 0.417. The highest BCUT2D eigenvalue weighted by Gasteiger charge is 2.16. The monoisotopic (exact) mass is 251 g/mol. The number of aromatic nitrogens is 2. The second kappa shape index (κ2) is 5.82. The van der Waals surface area contributed by atoms with Crippen LogP contribution in [0.3, 0.4) is 0 Å². The Balaban J connectivity index is 3.03. The molecule has 17 heavy (non-hydrogen) atoms. The van der Waals surface area contributed by atoms with Crippen LogP contribution in [0.5, 0.6) is 0 Å². The van der Waals surface area contributed by atoms with E-state index in [-0.39, 0.29) is 5.91 Å². The summed E-state index contributed by atoms with van der Waals surface area (Å²) in [5.41, 5.74) is 2.18. The summed E-state index contributed by atoms with van der Waals surface area (Å²) in [6.07, 6.45) is 1.90. The third kappa shape index (κ3) is 3.56. The Bertz CT molecular complexity index is 457. The molecule has 0 atom stereocenters. The lowest BCUT2D eigenvalue weighted by molar-refractivity contribution is 0.0952. The van der Waals surface area contributed by atoms with Crippen LogP contribution < -0.4 is 5.32 Å². The first kappa shape index (κ1) is 13.7. The summed E-state index contributed by atoms with van der Waals surface area (Å²) in [6, 6.07) is 0. The van der Waals surface area contributed by atoms with Crippen molar-refractivity contribution in [1.82, 2.24) is 15.3 Å². The summed E-state index contributed by atoms with van der Waals surface area (Å²) in [5, 5.41) is 3.52. The molecule has 1 aromatic heterocycles. The van der Waals surface area contributed by atoms with Crippen LogP contribution in [0.4, 0.5) is 0 Å². The Kier molecular flexibility index (Phi) is 4.69. The van der Waals surface area contributed by atoms with E-state index in [1.165, 1.54) is 11.8 Å². The van der Waals surface area contributed by atoms with Gasteiger partial charge in [-0.3, -0.25) is 4.79 Å². The SMILES string of the molecule is C=C(C)CNC(=O)c1c(C)nc(C)nc1SC. The van der Waals surface area contributed by atoms with Crippen LogP contribution in [0, 0.1) is 13.8 Å². The molecule has 0 saturated carbocycles. The van der Waals surface area contributed by atoms with Gasteiger partial charge in [-0.1, -0.05) is 12.2 Å². The topological polar surface area (TPSA) is 54.9 Å². The van der Waals surface area contributed by atoms with Gasteiger partial charge < -0.3 is 5.32 Å². The molecule has 0 aliphatic carbocycles. The number of rotatable bonds is 4. The van der Waals surface area contributed by atoms with E-state index in [1.807, 2.05) is 27.0 Å². The zero-order chi connectivity index (χ0) is 13.0. The maximum atomic E-state index is 12.0. The minimum absolute atomic E-state index is 0.144. The standard InChI is InChI=1S/C12H17N3OS/c1-7(2)6-13-11(16)10-8(3)14-9(4)15-12(10)17-5/h1,6H2,2-5H3,(H,13,16). The Morgan fingerprint density at radius 3 is 2.59 bits per heavy atom. The van der Waals surface area contributed by atoms with Crippen LogP contribution in [0.2, 0.25) is 0 Å². The summed E-state index contributed by atoms with van der Waals surface area (Å²) < 4.78 is 0. The molecule has 0 spiro atoms. The number of aryl methyl sites for hydroxylation is 2. The van der Waals surface area contributed by atoms with Crippen molar-refractivity contribution in [3.8, 4) is 0 Å². The molecule has 1 aromatic rings. The van der Waals surface area contributed by atoms with Crippen LogP contribution in [-0.4, -0.2) is 28.7 Å². The average molecular weight is 251 g/mol. The molecule has 0 aliphatic rings. The van der Waals surface area contributed by atoms with Crippen molar-refractivity contribution in [2.45, 2.75) is 25.8 Å². The largest absolute Gasteiger partial charge is 0.348 e. The molecule has 1 rings (SSSR count). The quantitative estimate of drug-likeness (QED) is 0.506. The third-order valence-electron chi connectivity index (χ3n) is 2.14. The van der Waals surface area contributed by atoms with Crippen LogP contribution in [0.25, 0.3) is 0 Å². The minimum Gasteiger partial charge on any atom is -0.348 e. The summed E-state index contributed by atoms with van der Waals surface area (Å²) in [4.78, 5) is 20.5. The van der Waals surface area contributed by atoms with Gasteiger partial charge in [0, 0.05) is 6.54 Å². The summed E-state index contributed by atoms with van der Waals surface area (Å²) in [6.45, 7) is 9.74. The van der Waals surface area contributed by atoms with Gasteiger partial charge in [-0.05, 0) is 27.0 Å². The highest BCUT2D eigenvalue weighted by Crippen LogP contribution is 2.20. The van der Waals surface area contributed by atoms with Crippen molar-refractivity contribution in [1.29, 1.82) is 0 Å². The maximum absolute atomic E-state index is 12.0. The van der Waals surface area contributed by atoms with Gasteiger partial charge in [0.2, 0.25) is 0 Å². The lowest BCUT2D eigenvalue weighted by Gasteiger charge is -2.10.